The van der Waals surface area contributed by atoms with Crippen LogP contribution >= 0.6 is 0 Å². The average Bonchev–Trinajstić information content (AvgIpc) is 2.48. The van der Waals surface area contributed by atoms with Gasteiger partial charge in [0, 0.05) is 18.7 Å². The third-order valence-electron chi connectivity index (χ3n) is 3.77. The number of carbonyl (C=O) groups is 2. The molecule has 1 aromatic carbocycles. The van der Waals surface area contributed by atoms with E-state index in [9.17, 15) is 14.0 Å². The monoisotopic (exact) mass is 293 g/mol. The molecule has 0 spiro atoms. The summed E-state index contributed by atoms with van der Waals surface area (Å²) in [4.78, 5) is 27.0. The molecule has 0 bridgehead atoms. The molecule has 0 aliphatic carbocycles. The third kappa shape index (κ3) is 3.39. The summed E-state index contributed by atoms with van der Waals surface area (Å²) in [6.45, 7) is 2.81. The van der Waals surface area contributed by atoms with Crippen molar-refractivity contribution in [1.29, 1.82) is 0 Å². The van der Waals surface area contributed by atoms with Crippen molar-refractivity contribution in [2.75, 3.05) is 33.2 Å². The topological polar surface area (TPSA) is 52.7 Å². The first-order valence-corrected chi connectivity index (χ1v) is 7.04. The summed E-state index contributed by atoms with van der Waals surface area (Å²) >= 11 is 0. The molecule has 1 fully saturated rings. The maximum absolute atomic E-state index is 13.9. The number of nitrogens with one attached hydrogen (secondary N) is 1. The molecule has 2 amide bonds. The lowest BCUT2D eigenvalue weighted by Crippen LogP contribution is -2.55. The van der Waals surface area contributed by atoms with Crippen LogP contribution in [-0.2, 0) is 9.59 Å². The minimum absolute atomic E-state index is 0.0549. The van der Waals surface area contributed by atoms with Gasteiger partial charge in [0.05, 0.1) is 19.1 Å². The van der Waals surface area contributed by atoms with Gasteiger partial charge in [-0.25, -0.2) is 4.39 Å². The quantitative estimate of drug-likeness (QED) is 0.873. The van der Waals surface area contributed by atoms with Crippen molar-refractivity contribution in [3.05, 3.63) is 35.6 Å². The fraction of sp³-hybridized carbons (Fsp3) is 0.467. The lowest BCUT2D eigenvalue weighted by atomic mass is 10.1. The molecule has 1 aromatic rings. The Labute approximate surface area is 123 Å². The zero-order chi connectivity index (χ0) is 15.4. The van der Waals surface area contributed by atoms with E-state index in [1.165, 1.54) is 15.9 Å². The Balaban J connectivity index is 2.11. The Morgan fingerprint density at radius 3 is 2.43 bits per heavy atom. The predicted octanol–water partition coefficient (Wildman–Crippen LogP) is 0.777. The number of carbonyl (C=O) groups excluding carboxylic acids is 2. The molecule has 0 saturated carbocycles. The summed E-state index contributed by atoms with van der Waals surface area (Å²) in [7, 11) is 1.71. The van der Waals surface area contributed by atoms with Crippen LogP contribution in [0.3, 0.4) is 0 Å². The number of nitrogens with zero attached hydrogens (tertiary/aromatic N) is 2. The summed E-state index contributed by atoms with van der Waals surface area (Å²) in [6, 6.07) is 6.12. The van der Waals surface area contributed by atoms with E-state index in [2.05, 4.69) is 5.32 Å². The molecule has 114 valence electrons. The van der Waals surface area contributed by atoms with E-state index in [0.29, 0.717) is 12.1 Å². The molecule has 1 saturated heterocycles. The van der Waals surface area contributed by atoms with Gasteiger partial charge in [-0.1, -0.05) is 18.2 Å². The third-order valence-corrected chi connectivity index (χ3v) is 3.77. The number of rotatable bonds is 5. The Morgan fingerprint density at radius 1 is 1.19 bits per heavy atom. The number of benzene rings is 1. The van der Waals surface area contributed by atoms with Crippen molar-refractivity contribution >= 4 is 11.8 Å². The van der Waals surface area contributed by atoms with Gasteiger partial charge in [-0.3, -0.25) is 9.59 Å². The Kier molecular flexibility index (Phi) is 4.90. The number of hydrogen-bond donors (Lipinski definition) is 1. The molecule has 0 radical (unpaired) electrons. The van der Waals surface area contributed by atoms with Crippen molar-refractivity contribution in [3.63, 3.8) is 0 Å². The van der Waals surface area contributed by atoms with Gasteiger partial charge in [0.15, 0.2) is 0 Å². The maximum Gasteiger partial charge on any atom is 0.242 e. The second kappa shape index (κ2) is 6.67. The summed E-state index contributed by atoms with van der Waals surface area (Å²) in [5, 5.41) is 3.01. The van der Waals surface area contributed by atoms with Crippen LogP contribution in [0.2, 0.25) is 0 Å². The van der Waals surface area contributed by atoms with Gasteiger partial charge in [0.2, 0.25) is 11.8 Å². The number of halogens is 1. The average molecular weight is 293 g/mol. The van der Waals surface area contributed by atoms with Crippen LogP contribution in [-0.4, -0.2) is 54.8 Å². The minimum atomic E-state index is -0.337. The number of likely N-dealkylation sites (N-methyl/N-ethyl adjacent to an activating group) is 2. The van der Waals surface area contributed by atoms with Gasteiger partial charge in [0.25, 0.3) is 0 Å². The van der Waals surface area contributed by atoms with Crippen LogP contribution in [0, 0.1) is 5.82 Å². The zero-order valence-corrected chi connectivity index (χ0v) is 12.3. The van der Waals surface area contributed by atoms with Crippen LogP contribution in [0.25, 0.3) is 0 Å². The van der Waals surface area contributed by atoms with Crippen LogP contribution in [0.5, 0.6) is 0 Å². The highest BCUT2D eigenvalue weighted by Gasteiger charge is 2.30. The van der Waals surface area contributed by atoms with Crippen molar-refractivity contribution in [2.45, 2.75) is 13.0 Å². The van der Waals surface area contributed by atoms with E-state index in [1.54, 1.807) is 25.2 Å². The van der Waals surface area contributed by atoms with Gasteiger partial charge in [0.1, 0.15) is 5.82 Å². The molecule has 0 aromatic heterocycles. The van der Waals surface area contributed by atoms with Gasteiger partial charge in [-0.2, -0.15) is 0 Å². The lowest BCUT2D eigenvalue weighted by Gasteiger charge is -2.35. The molecular weight excluding hydrogens is 273 g/mol. The highest BCUT2D eigenvalue weighted by atomic mass is 19.1. The molecule has 1 aliphatic heterocycles. The largest absolute Gasteiger partial charge is 0.332 e. The highest BCUT2D eigenvalue weighted by molar-refractivity contribution is 5.92. The van der Waals surface area contributed by atoms with Crippen molar-refractivity contribution < 1.29 is 14.0 Å². The Hall–Kier alpha value is -1.95. The fourth-order valence-corrected chi connectivity index (χ4v) is 2.48. The van der Waals surface area contributed by atoms with Gasteiger partial charge < -0.3 is 15.1 Å². The first kappa shape index (κ1) is 15.4. The maximum atomic E-state index is 13.9. The molecule has 1 unspecified atom stereocenters. The van der Waals surface area contributed by atoms with E-state index >= 15 is 0 Å². The summed E-state index contributed by atoms with van der Waals surface area (Å²) in [5.41, 5.74) is 0.498. The molecule has 1 N–H and O–H groups in total. The van der Waals surface area contributed by atoms with Gasteiger partial charge in [-0.05, 0) is 20.0 Å². The molecule has 2 rings (SSSR count). The predicted molar refractivity (Wildman–Crippen MR) is 77.0 cm³/mol. The van der Waals surface area contributed by atoms with Crippen LogP contribution < -0.4 is 5.32 Å². The second-order valence-corrected chi connectivity index (χ2v) is 5.04. The molecule has 1 atom stereocenters. The van der Waals surface area contributed by atoms with Crippen molar-refractivity contribution in [1.82, 2.24) is 15.1 Å². The molecule has 1 aliphatic rings. The van der Waals surface area contributed by atoms with E-state index in [0.717, 1.165) is 0 Å². The first-order valence-electron chi connectivity index (χ1n) is 7.04. The summed E-state index contributed by atoms with van der Waals surface area (Å²) in [6.07, 6.45) is 0. The fourth-order valence-electron chi connectivity index (χ4n) is 2.48. The van der Waals surface area contributed by atoms with Crippen molar-refractivity contribution in [2.24, 2.45) is 0 Å². The van der Waals surface area contributed by atoms with Crippen LogP contribution in [0.1, 0.15) is 18.5 Å². The Morgan fingerprint density at radius 2 is 1.81 bits per heavy atom. The van der Waals surface area contributed by atoms with Crippen LogP contribution in [0.15, 0.2) is 24.3 Å². The summed E-state index contributed by atoms with van der Waals surface area (Å²) in [5.74, 6) is -0.489. The normalized spacial score (nSPS) is 17.3. The van der Waals surface area contributed by atoms with Gasteiger partial charge in [-0.15, -0.1) is 0 Å². The van der Waals surface area contributed by atoms with E-state index in [4.69, 9.17) is 0 Å². The minimum Gasteiger partial charge on any atom is -0.332 e. The van der Waals surface area contributed by atoms with Crippen LogP contribution in [0.4, 0.5) is 4.39 Å². The molecule has 5 nitrogen and oxygen atoms in total. The molecule has 21 heavy (non-hydrogen) atoms. The standard InChI is InChI=1S/C15H20FN3O2/c1-3-18-9-15(21)19(10-14(18)20)8-13(17-2)11-6-4-5-7-12(11)16/h4-7,13,17H,3,8-10H2,1-2H3. The molecule has 6 heteroatoms. The highest BCUT2D eigenvalue weighted by Crippen LogP contribution is 2.19. The Bertz CT molecular complexity index is 535. The van der Waals surface area contributed by atoms with E-state index in [1.807, 2.05) is 6.92 Å². The lowest BCUT2D eigenvalue weighted by molar-refractivity contribution is -0.150. The van der Waals surface area contributed by atoms with E-state index < -0.39 is 0 Å². The molecular formula is C15H20FN3O2. The van der Waals surface area contributed by atoms with E-state index in [-0.39, 0.29) is 43.3 Å². The first-order chi connectivity index (χ1) is 10.1. The zero-order valence-electron chi connectivity index (χ0n) is 12.3. The number of piperazine rings is 1. The number of hydrogen-bond acceptors (Lipinski definition) is 3. The number of amides is 2. The summed E-state index contributed by atoms with van der Waals surface area (Å²) < 4.78 is 13.9. The van der Waals surface area contributed by atoms with Gasteiger partial charge >= 0.3 is 0 Å². The SMILES string of the molecule is CCN1CC(=O)N(CC(NC)c2ccccc2F)CC1=O. The van der Waals surface area contributed by atoms with Crippen molar-refractivity contribution in [3.8, 4) is 0 Å². The smallest absolute Gasteiger partial charge is 0.242 e. The molecule has 1 heterocycles. The second-order valence-electron chi connectivity index (χ2n) is 5.04.